The zero-order valence-corrected chi connectivity index (χ0v) is 11.7. The van der Waals surface area contributed by atoms with Gasteiger partial charge in [-0.05, 0) is 19.9 Å². The van der Waals surface area contributed by atoms with Crippen LogP contribution >= 0.6 is 11.6 Å². The topological polar surface area (TPSA) is 57.0 Å². The third kappa shape index (κ3) is 3.04. The SMILES string of the molecule is CCOC(=O)CCn1c(C(C)Cl)nc2cnccc21. The summed E-state index contributed by atoms with van der Waals surface area (Å²) in [5.74, 6) is 0.528. The van der Waals surface area contributed by atoms with Gasteiger partial charge in [-0.25, -0.2) is 4.98 Å². The summed E-state index contributed by atoms with van der Waals surface area (Å²) in [5.41, 5.74) is 1.72. The van der Waals surface area contributed by atoms with Gasteiger partial charge in [0.05, 0.1) is 30.1 Å². The highest BCUT2D eigenvalue weighted by molar-refractivity contribution is 6.20. The Labute approximate surface area is 116 Å². The van der Waals surface area contributed by atoms with Gasteiger partial charge < -0.3 is 9.30 Å². The standard InChI is InChI=1S/C13H16ClN3O2/c1-3-19-12(18)5-7-17-11-4-6-15-8-10(11)16-13(17)9(2)14/h4,6,8-9H,3,5,7H2,1-2H3. The third-order valence-corrected chi connectivity index (χ3v) is 2.98. The van der Waals surface area contributed by atoms with Gasteiger partial charge in [0, 0.05) is 12.7 Å². The lowest BCUT2D eigenvalue weighted by Gasteiger charge is -2.09. The van der Waals surface area contributed by atoms with Crippen LogP contribution in [-0.2, 0) is 16.1 Å². The van der Waals surface area contributed by atoms with Crippen molar-refractivity contribution in [1.29, 1.82) is 0 Å². The fourth-order valence-electron chi connectivity index (χ4n) is 1.98. The Morgan fingerprint density at radius 1 is 1.58 bits per heavy atom. The maximum atomic E-state index is 11.5. The Kier molecular flexibility index (Phi) is 4.37. The number of halogens is 1. The summed E-state index contributed by atoms with van der Waals surface area (Å²) in [6.45, 7) is 4.55. The molecule has 0 N–H and O–H groups in total. The second-order valence-corrected chi connectivity index (χ2v) is 4.81. The molecule has 0 bridgehead atoms. The second-order valence-electron chi connectivity index (χ2n) is 4.16. The predicted molar refractivity (Wildman–Crippen MR) is 73.0 cm³/mol. The van der Waals surface area contributed by atoms with Gasteiger partial charge in [0.2, 0.25) is 0 Å². The number of alkyl halides is 1. The Bertz CT molecular complexity index is 580. The van der Waals surface area contributed by atoms with Crippen molar-refractivity contribution in [3.05, 3.63) is 24.3 Å². The Hall–Kier alpha value is -1.62. The summed E-state index contributed by atoms with van der Waals surface area (Å²) in [6.07, 6.45) is 3.70. The molecule has 0 fully saturated rings. The van der Waals surface area contributed by atoms with Crippen LogP contribution in [0.4, 0.5) is 0 Å². The number of esters is 1. The van der Waals surface area contributed by atoms with Crippen LogP contribution in [0.5, 0.6) is 0 Å². The van der Waals surface area contributed by atoms with Crippen molar-refractivity contribution in [2.75, 3.05) is 6.61 Å². The first-order valence-electron chi connectivity index (χ1n) is 6.23. The maximum Gasteiger partial charge on any atom is 0.307 e. The van der Waals surface area contributed by atoms with Crippen molar-refractivity contribution in [3.63, 3.8) is 0 Å². The smallest absolute Gasteiger partial charge is 0.307 e. The van der Waals surface area contributed by atoms with Crippen molar-refractivity contribution in [3.8, 4) is 0 Å². The number of pyridine rings is 1. The lowest BCUT2D eigenvalue weighted by Crippen LogP contribution is -2.11. The average Bonchev–Trinajstić information content (AvgIpc) is 2.75. The van der Waals surface area contributed by atoms with E-state index in [1.807, 2.05) is 17.6 Å². The Balaban J connectivity index is 2.29. The molecule has 0 saturated carbocycles. The van der Waals surface area contributed by atoms with Crippen molar-refractivity contribution < 1.29 is 9.53 Å². The molecule has 1 atom stereocenters. The number of ether oxygens (including phenoxy) is 1. The first-order chi connectivity index (χ1) is 9.13. The number of carbonyl (C=O) groups is 1. The van der Waals surface area contributed by atoms with E-state index >= 15 is 0 Å². The van der Waals surface area contributed by atoms with E-state index in [0.29, 0.717) is 19.6 Å². The molecule has 0 saturated heterocycles. The van der Waals surface area contributed by atoms with E-state index in [2.05, 4.69) is 9.97 Å². The molecular formula is C13H16ClN3O2. The van der Waals surface area contributed by atoms with E-state index in [0.717, 1.165) is 16.9 Å². The summed E-state index contributed by atoms with van der Waals surface area (Å²) < 4.78 is 6.88. The van der Waals surface area contributed by atoms with Crippen LogP contribution in [0.1, 0.15) is 31.5 Å². The summed E-state index contributed by atoms with van der Waals surface area (Å²) in [4.78, 5) is 19.9. The molecule has 1 unspecified atom stereocenters. The first-order valence-corrected chi connectivity index (χ1v) is 6.67. The largest absolute Gasteiger partial charge is 0.466 e. The number of aryl methyl sites for hydroxylation is 1. The molecular weight excluding hydrogens is 266 g/mol. The van der Waals surface area contributed by atoms with Gasteiger partial charge in [0.15, 0.2) is 0 Å². The minimum atomic E-state index is -0.227. The number of rotatable bonds is 5. The number of hydrogen-bond donors (Lipinski definition) is 0. The number of nitrogens with zero attached hydrogens (tertiary/aromatic N) is 3. The van der Waals surface area contributed by atoms with Crippen LogP contribution in [0.2, 0.25) is 0 Å². The molecule has 0 aliphatic carbocycles. The van der Waals surface area contributed by atoms with E-state index in [9.17, 15) is 4.79 Å². The molecule has 2 rings (SSSR count). The Morgan fingerprint density at radius 3 is 3.05 bits per heavy atom. The van der Waals surface area contributed by atoms with Crippen LogP contribution < -0.4 is 0 Å². The van der Waals surface area contributed by atoms with E-state index < -0.39 is 0 Å². The van der Waals surface area contributed by atoms with Crippen molar-refractivity contribution >= 4 is 28.6 Å². The minimum Gasteiger partial charge on any atom is -0.466 e. The summed E-state index contributed by atoms with van der Waals surface area (Å²) >= 11 is 6.14. The van der Waals surface area contributed by atoms with E-state index in [1.165, 1.54) is 0 Å². The van der Waals surface area contributed by atoms with Gasteiger partial charge in [-0.2, -0.15) is 0 Å². The molecule has 19 heavy (non-hydrogen) atoms. The molecule has 2 aromatic rings. The van der Waals surface area contributed by atoms with Crippen molar-refractivity contribution in [2.45, 2.75) is 32.2 Å². The molecule has 0 aliphatic rings. The van der Waals surface area contributed by atoms with Gasteiger partial charge in [0.1, 0.15) is 11.3 Å². The van der Waals surface area contributed by atoms with Gasteiger partial charge in [0.25, 0.3) is 0 Å². The summed E-state index contributed by atoms with van der Waals surface area (Å²) in [6, 6.07) is 1.87. The predicted octanol–water partition coefficient (Wildman–Crippen LogP) is 2.68. The van der Waals surface area contributed by atoms with Crippen LogP contribution in [0, 0.1) is 0 Å². The summed E-state index contributed by atoms with van der Waals surface area (Å²) in [5, 5.41) is -0.227. The lowest BCUT2D eigenvalue weighted by molar-refractivity contribution is -0.143. The normalized spacial score (nSPS) is 12.6. The highest BCUT2D eigenvalue weighted by atomic mass is 35.5. The van der Waals surface area contributed by atoms with Gasteiger partial charge in [-0.15, -0.1) is 11.6 Å². The molecule has 2 aromatic heterocycles. The molecule has 0 aromatic carbocycles. The third-order valence-electron chi connectivity index (χ3n) is 2.78. The van der Waals surface area contributed by atoms with Crippen LogP contribution in [0.25, 0.3) is 11.0 Å². The zero-order valence-electron chi connectivity index (χ0n) is 11.0. The molecule has 2 heterocycles. The lowest BCUT2D eigenvalue weighted by atomic mass is 10.3. The molecule has 0 aliphatic heterocycles. The highest BCUT2D eigenvalue weighted by Crippen LogP contribution is 2.24. The van der Waals surface area contributed by atoms with Gasteiger partial charge in [-0.3, -0.25) is 9.78 Å². The average molecular weight is 282 g/mol. The van der Waals surface area contributed by atoms with Crippen LogP contribution in [0.15, 0.2) is 18.5 Å². The molecule has 0 spiro atoms. The van der Waals surface area contributed by atoms with E-state index in [4.69, 9.17) is 16.3 Å². The van der Waals surface area contributed by atoms with Crippen LogP contribution in [-0.4, -0.2) is 27.1 Å². The van der Waals surface area contributed by atoms with Crippen molar-refractivity contribution in [1.82, 2.24) is 14.5 Å². The number of imidazole rings is 1. The molecule has 0 amide bonds. The molecule has 0 radical (unpaired) electrons. The second kappa shape index (κ2) is 6.02. The van der Waals surface area contributed by atoms with Crippen LogP contribution in [0.3, 0.4) is 0 Å². The number of aromatic nitrogens is 3. The number of fused-ring (bicyclic) bond motifs is 1. The zero-order chi connectivity index (χ0) is 13.8. The number of carbonyl (C=O) groups excluding carboxylic acids is 1. The molecule has 6 heteroatoms. The molecule has 102 valence electrons. The monoisotopic (exact) mass is 281 g/mol. The summed E-state index contributed by atoms with van der Waals surface area (Å²) in [7, 11) is 0. The quantitative estimate of drug-likeness (QED) is 0.624. The van der Waals surface area contributed by atoms with Gasteiger partial charge >= 0.3 is 5.97 Å². The number of hydrogen-bond acceptors (Lipinski definition) is 4. The molecule has 5 nitrogen and oxygen atoms in total. The minimum absolute atomic E-state index is 0.216. The highest BCUT2D eigenvalue weighted by Gasteiger charge is 2.15. The van der Waals surface area contributed by atoms with Gasteiger partial charge in [-0.1, -0.05) is 0 Å². The van der Waals surface area contributed by atoms with E-state index in [-0.39, 0.29) is 11.3 Å². The van der Waals surface area contributed by atoms with E-state index in [1.54, 1.807) is 19.3 Å². The fraction of sp³-hybridized carbons (Fsp3) is 0.462. The Morgan fingerprint density at radius 2 is 2.37 bits per heavy atom. The van der Waals surface area contributed by atoms with Crippen molar-refractivity contribution in [2.24, 2.45) is 0 Å². The fourth-order valence-corrected chi connectivity index (χ4v) is 2.14. The first kappa shape index (κ1) is 13.8. The maximum absolute atomic E-state index is 11.5.